The predicted molar refractivity (Wildman–Crippen MR) is 152 cm³/mol. The summed E-state index contributed by atoms with van der Waals surface area (Å²) >= 11 is 2.14. The Bertz CT molecular complexity index is 1240. The fourth-order valence-electron chi connectivity index (χ4n) is 4.71. The Morgan fingerprint density at radius 1 is 1.16 bits per heavy atom. The number of fused-ring (bicyclic) bond motifs is 1. The van der Waals surface area contributed by atoms with E-state index in [2.05, 4.69) is 62.0 Å². The second-order valence-corrected chi connectivity index (χ2v) is 10.5. The van der Waals surface area contributed by atoms with Crippen molar-refractivity contribution in [3.05, 3.63) is 21.5 Å². The number of halogens is 1. The van der Waals surface area contributed by atoms with Gasteiger partial charge in [-0.1, -0.05) is 13.8 Å². The number of furan rings is 1. The Kier molecular flexibility index (Phi) is 9.63. The molecule has 3 heterocycles. The maximum absolute atomic E-state index is 10.6. The molecule has 3 aromatic rings. The number of anilines is 2. The number of aryl methyl sites for hydroxylation is 1. The van der Waals surface area contributed by atoms with Crippen molar-refractivity contribution in [2.24, 2.45) is 5.92 Å². The number of hydrogen-bond acceptors (Lipinski definition) is 11. The molecule has 0 spiro atoms. The number of aromatic nitrogens is 3. The first-order chi connectivity index (χ1) is 18.3. The SMILES string of the molecule is CCC(CC)Oc1cc2cc(-c3c(I)nc(NCCOC)nc3N[C@@H]3C[C@H](CO)[C@@H](O)[C@H]3O)oc2c(C)n1. The highest BCUT2D eigenvalue weighted by Crippen LogP contribution is 2.39. The highest BCUT2D eigenvalue weighted by Gasteiger charge is 2.41. The maximum atomic E-state index is 10.6. The number of nitrogens with one attached hydrogen (secondary N) is 2. The highest BCUT2D eigenvalue weighted by molar-refractivity contribution is 14.1. The molecule has 12 heteroatoms. The van der Waals surface area contributed by atoms with E-state index in [-0.39, 0.29) is 12.7 Å². The standard InChI is InChI=1S/C26H36IN5O6/c1-5-16(6-2)37-19-11-14-10-18(38-23(14)13(3)29-19)20-24(27)31-26(28-7-8-36-4)32-25(20)30-17-9-15(12-33)21(34)22(17)35/h10-11,15-17,21-22,33-35H,5-9,12H2,1-4H3,(H2,28,30,31,32)/t15-,17-,21-,22+/m1/s1. The van der Waals surface area contributed by atoms with Gasteiger partial charge >= 0.3 is 0 Å². The lowest BCUT2D eigenvalue weighted by Crippen LogP contribution is -2.35. The molecule has 5 N–H and O–H groups in total. The molecule has 4 rings (SSSR count). The summed E-state index contributed by atoms with van der Waals surface area (Å²) in [5.41, 5.74) is 1.96. The molecule has 38 heavy (non-hydrogen) atoms. The van der Waals surface area contributed by atoms with Crippen LogP contribution in [0.15, 0.2) is 16.5 Å². The van der Waals surface area contributed by atoms with Gasteiger partial charge in [0, 0.05) is 37.6 Å². The van der Waals surface area contributed by atoms with Crippen molar-refractivity contribution in [2.75, 3.05) is 37.5 Å². The first kappa shape index (κ1) is 28.7. The number of rotatable bonds is 12. The fourth-order valence-corrected chi connectivity index (χ4v) is 5.46. The first-order valence-corrected chi connectivity index (χ1v) is 14.0. The van der Waals surface area contributed by atoms with Crippen molar-refractivity contribution in [3.8, 4) is 17.2 Å². The maximum Gasteiger partial charge on any atom is 0.225 e. The molecule has 0 saturated heterocycles. The lowest BCUT2D eigenvalue weighted by molar-refractivity contribution is 0.00446. The summed E-state index contributed by atoms with van der Waals surface area (Å²) in [7, 11) is 1.62. The molecule has 0 aliphatic heterocycles. The summed E-state index contributed by atoms with van der Waals surface area (Å²) in [5.74, 6) is 1.49. The molecule has 3 aromatic heterocycles. The van der Waals surface area contributed by atoms with E-state index in [1.807, 2.05) is 19.1 Å². The van der Waals surface area contributed by atoms with Crippen molar-refractivity contribution in [1.82, 2.24) is 15.0 Å². The van der Waals surface area contributed by atoms with Gasteiger partial charge in [-0.15, -0.1) is 0 Å². The van der Waals surface area contributed by atoms with Crippen LogP contribution in [-0.4, -0.2) is 81.5 Å². The van der Waals surface area contributed by atoms with E-state index in [1.54, 1.807) is 7.11 Å². The molecule has 0 aromatic carbocycles. The number of hydrogen-bond donors (Lipinski definition) is 5. The van der Waals surface area contributed by atoms with Crippen LogP contribution in [0.3, 0.4) is 0 Å². The number of pyridine rings is 1. The zero-order valence-electron chi connectivity index (χ0n) is 22.1. The summed E-state index contributed by atoms with van der Waals surface area (Å²) in [6.45, 7) is 6.83. The molecule has 208 valence electrons. The summed E-state index contributed by atoms with van der Waals surface area (Å²) < 4.78 is 18.1. The Morgan fingerprint density at radius 3 is 2.58 bits per heavy atom. The van der Waals surface area contributed by atoms with Crippen LogP contribution in [0.5, 0.6) is 5.88 Å². The molecule has 0 bridgehead atoms. The summed E-state index contributed by atoms with van der Waals surface area (Å²) in [6, 6.07) is 3.26. The second kappa shape index (κ2) is 12.7. The van der Waals surface area contributed by atoms with Gasteiger partial charge in [0.25, 0.3) is 0 Å². The smallest absolute Gasteiger partial charge is 0.225 e. The van der Waals surface area contributed by atoms with Crippen LogP contribution >= 0.6 is 22.6 Å². The normalized spacial score (nSPS) is 21.4. The molecule has 1 aliphatic rings. The van der Waals surface area contributed by atoms with Gasteiger partial charge in [-0.3, -0.25) is 0 Å². The summed E-state index contributed by atoms with van der Waals surface area (Å²) in [4.78, 5) is 13.9. The average Bonchev–Trinajstić information content (AvgIpc) is 3.43. The molecule has 0 amide bonds. The average molecular weight is 642 g/mol. The van der Waals surface area contributed by atoms with Gasteiger partial charge in [-0.2, -0.15) is 4.98 Å². The molecule has 11 nitrogen and oxygen atoms in total. The van der Waals surface area contributed by atoms with E-state index < -0.39 is 24.2 Å². The topological polar surface area (TPSA) is 155 Å². The van der Waals surface area contributed by atoms with E-state index in [9.17, 15) is 15.3 Å². The molecular formula is C26H36IN5O6. The van der Waals surface area contributed by atoms with Crippen LogP contribution < -0.4 is 15.4 Å². The van der Waals surface area contributed by atoms with Gasteiger partial charge in [-0.25, -0.2) is 9.97 Å². The lowest BCUT2D eigenvalue weighted by atomic mass is 10.1. The van der Waals surface area contributed by atoms with Crippen molar-refractivity contribution < 1.29 is 29.2 Å². The fraction of sp³-hybridized carbons (Fsp3) is 0.577. The zero-order valence-corrected chi connectivity index (χ0v) is 24.2. The van der Waals surface area contributed by atoms with Crippen LogP contribution in [-0.2, 0) is 4.74 Å². The minimum Gasteiger partial charge on any atom is -0.474 e. The molecule has 1 fully saturated rings. The van der Waals surface area contributed by atoms with Crippen molar-refractivity contribution >= 4 is 45.3 Å². The molecule has 1 saturated carbocycles. The molecular weight excluding hydrogens is 605 g/mol. The minimum absolute atomic E-state index is 0.0879. The Balaban J connectivity index is 1.74. The van der Waals surface area contributed by atoms with Crippen molar-refractivity contribution in [2.45, 2.75) is 64.4 Å². The van der Waals surface area contributed by atoms with Crippen LogP contribution in [0.2, 0.25) is 0 Å². The van der Waals surface area contributed by atoms with E-state index in [1.165, 1.54) is 0 Å². The van der Waals surface area contributed by atoms with E-state index >= 15 is 0 Å². The van der Waals surface area contributed by atoms with Crippen LogP contribution in [0.1, 0.15) is 38.8 Å². The molecule has 1 aliphatic carbocycles. The quantitative estimate of drug-likeness (QED) is 0.112. The summed E-state index contributed by atoms with van der Waals surface area (Å²) in [5, 5.41) is 37.9. The third-order valence-corrected chi connectivity index (χ3v) is 7.68. The van der Waals surface area contributed by atoms with Gasteiger partial charge in [0.2, 0.25) is 11.8 Å². The third-order valence-electron chi connectivity index (χ3n) is 6.90. The second-order valence-electron chi connectivity index (χ2n) is 9.52. The molecule has 0 unspecified atom stereocenters. The van der Waals surface area contributed by atoms with Crippen molar-refractivity contribution in [1.29, 1.82) is 0 Å². The third kappa shape index (κ3) is 6.14. The molecule has 4 atom stereocenters. The van der Waals surface area contributed by atoms with Gasteiger partial charge in [0.15, 0.2) is 5.58 Å². The van der Waals surface area contributed by atoms with Crippen LogP contribution in [0.25, 0.3) is 22.3 Å². The summed E-state index contributed by atoms with van der Waals surface area (Å²) in [6.07, 6.45) is 0.148. The van der Waals surface area contributed by atoms with Crippen LogP contribution in [0.4, 0.5) is 11.8 Å². The van der Waals surface area contributed by atoms with Gasteiger partial charge in [0.05, 0.1) is 36.1 Å². The monoisotopic (exact) mass is 641 g/mol. The van der Waals surface area contributed by atoms with Gasteiger partial charge in [-0.05, 0) is 54.8 Å². The number of ether oxygens (including phenoxy) is 2. The first-order valence-electron chi connectivity index (χ1n) is 12.9. The Hall–Kier alpha value is -2.26. The van der Waals surface area contributed by atoms with Crippen LogP contribution in [0, 0.1) is 16.5 Å². The minimum atomic E-state index is -1.07. The van der Waals surface area contributed by atoms with E-state index in [0.717, 1.165) is 18.2 Å². The van der Waals surface area contributed by atoms with E-state index in [4.69, 9.17) is 13.9 Å². The number of nitrogens with zero attached hydrogens (tertiary/aromatic N) is 3. The number of methoxy groups -OCH3 is 1. The van der Waals surface area contributed by atoms with E-state index in [0.29, 0.717) is 63.5 Å². The highest BCUT2D eigenvalue weighted by atomic mass is 127. The number of aliphatic hydroxyl groups is 3. The largest absolute Gasteiger partial charge is 0.474 e. The van der Waals surface area contributed by atoms with Gasteiger partial charge in [0.1, 0.15) is 21.4 Å². The Morgan fingerprint density at radius 2 is 1.92 bits per heavy atom. The lowest BCUT2D eigenvalue weighted by Gasteiger charge is -2.21. The van der Waals surface area contributed by atoms with Gasteiger partial charge < -0.3 is 39.8 Å². The predicted octanol–water partition coefficient (Wildman–Crippen LogP) is 3.34. The number of aliphatic hydroxyl groups excluding tert-OH is 3. The zero-order chi connectivity index (χ0) is 27.4. The molecule has 0 radical (unpaired) electrons. The van der Waals surface area contributed by atoms with Crippen molar-refractivity contribution in [3.63, 3.8) is 0 Å². The Labute approximate surface area is 235 Å².